The van der Waals surface area contributed by atoms with E-state index in [-0.39, 0.29) is 43.3 Å². The van der Waals surface area contributed by atoms with Gasteiger partial charge in [0, 0.05) is 0 Å². The van der Waals surface area contributed by atoms with Gasteiger partial charge in [0.1, 0.15) is 0 Å². The summed E-state index contributed by atoms with van der Waals surface area (Å²) in [5, 5.41) is 0. The Hall–Kier alpha value is -0.520. The van der Waals surface area contributed by atoms with Crippen molar-refractivity contribution in [1.29, 1.82) is 0 Å². The van der Waals surface area contributed by atoms with Gasteiger partial charge >= 0.3 is 0 Å². The summed E-state index contributed by atoms with van der Waals surface area (Å²) >= 11 is 0. The maximum absolute atomic E-state index is 4.22. The van der Waals surface area contributed by atoms with E-state index in [1.54, 1.807) is 0 Å². The van der Waals surface area contributed by atoms with Crippen molar-refractivity contribution in [1.82, 2.24) is 0 Å². The number of hydrogen-bond acceptors (Lipinski definition) is 0. The zero-order valence-corrected chi connectivity index (χ0v) is 31.3. The van der Waals surface area contributed by atoms with E-state index in [4.69, 9.17) is 0 Å². The van der Waals surface area contributed by atoms with Crippen LogP contribution in [0.25, 0.3) is 0 Å². The van der Waals surface area contributed by atoms with E-state index in [0.29, 0.717) is 17.3 Å². The maximum Gasteiger partial charge on any atom is -0.0126 e. The van der Waals surface area contributed by atoms with Crippen molar-refractivity contribution in [2.24, 2.45) is 66.5 Å². The Labute approximate surface area is 255 Å². The van der Waals surface area contributed by atoms with Crippen LogP contribution in [-0.2, 0) is 0 Å². The summed E-state index contributed by atoms with van der Waals surface area (Å²) < 4.78 is 0. The first-order valence-corrected chi connectivity index (χ1v) is 16.6. The highest BCUT2D eigenvalue weighted by molar-refractivity contribution is 5.07. The Morgan fingerprint density at radius 2 is 0.675 bits per heavy atom. The molecule has 0 aromatic carbocycles. The minimum atomic E-state index is 0.0986. The molecule has 0 heteroatoms. The summed E-state index contributed by atoms with van der Waals surface area (Å²) in [4.78, 5) is 0. The summed E-state index contributed by atoms with van der Waals surface area (Å²) in [6, 6.07) is 0. The SMILES string of the molecule is C=CC(C)(C)C(C)(C)CC(C)(C)C(C)(C)C1CC(C(C)(C)C)CC(C(C)(C)C(C)(C)CC(C)(C)C(C)(C)C=C)C1. The van der Waals surface area contributed by atoms with E-state index in [2.05, 4.69) is 157 Å². The van der Waals surface area contributed by atoms with Crippen molar-refractivity contribution < 1.29 is 0 Å². The first kappa shape index (κ1) is 37.5. The molecule has 0 amide bonds. The molecule has 0 N–H and O–H groups in total. The molecule has 0 bridgehead atoms. The number of hydrogen-bond donors (Lipinski definition) is 0. The van der Waals surface area contributed by atoms with Gasteiger partial charge in [-0.2, -0.15) is 0 Å². The molecular formula is C40H76. The van der Waals surface area contributed by atoms with Crippen LogP contribution in [0.1, 0.15) is 164 Å². The lowest BCUT2D eigenvalue weighted by Gasteiger charge is -2.60. The quantitative estimate of drug-likeness (QED) is 0.210. The minimum Gasteiger partial charge on any atom is -0.103 e. The van der Waals surface area contributed by atoms with Crippen LogP contribution in [0.5, 0.6) is 0 Å². The molecule has 236 valence electrons. The van der Waals surface area contributed by atoms with E-state index < -0.39 is 0 Å². The number of allylic oxidation sites excluding steroid dienone is 2. The zero-order chi connectivity index (χ0) is 32.2. The molecule has 0 saturated heterocycles. The van der Waals surface area contributed by atoms with E-state index in [9.17, 15) is 0 Å². The standard InChI is InChI=1S/C40H76/c1-22-33(6,7)35(10,11)27-37(14,15)39(18,19)30-24-29(32(3,4)5)25-31(26-30)40(20,21)38(16,17)28-36(12,13)34(8,9)23-2/h22-23,29-31H,1-2,24-28H2,3-21H3. The van der Waals surface area contributed by atoms with Crippen LogP contribution in [0.4, 0.5) is 0 Å². The van der Waals surface area contributed by atoms with Gasteiger partial charge in [-0.15, -0.1) is 13.2 Å². The van der Waals surface area contributed by atoms with Crippen LogP contribution in [0, 0.1) is 66.5 Å². The van der Waals surface area contributed by atoms with Crippen molar-refractivity contribution >= 4 is 0 Å². The van der Waals surface area contributed by atoms with Gasteiger partial charge in [-0.3, -0.25) is 0 Å². The lowest BCUT2D eigenvalue weighted by molar-refractivity contribution is -0.0987. The Morgan fingerprint density at radius 1 is 0.425 bits per heavy atom. The van der Waals surface area contributed by atoms with Crippen LogP contribution < -0.4 is 0 Å². The molecule has 0 aliphatic heterocycles. The van der Waals surface area contributed by atoms with Crippen LogP contribution in [0.3, 0.4) is 0 Å². The van der Waals surface area contributed by atoms with Crippen LogP contribution in [0.15, 0.2) is 25.3 Å². The highest BCUT2D eigenvalue weighted by Crippen LogP contribution is 2.63. The molecular weight excluding hydrogens is 480 g/mol. The molecule has 0 radical (unpaired) electrons. The van der Waals surface area contributed by atoms with Crippen LogP contribution in [0.2, 0.25) is 0 Å². The van der Waals surface area contributed by atoms with Gasteiger partial charge in [-0.1, -0.05) is 144 Å². The van der Waals surface area contributed by atoms with Gasteiger partial charge in [0.2, 0.25) is 0 Å². The number of rotatable bonds is 12. The van der Waals surface area contributed by atoms with Gasteiger partial charge in [-0.25, -0.2) is 0 Å². The fraction of sp³-hybridized carbons (Fsp3) is 0.900. The maximum atomic E-state index is 4.22. The van der Waals surface area contributed by atoms with Crippen molar-refractivity contribution in [3.63, 3.8) is 0 Å². The second-order valence-electron chi connectivity index (χ2n) is 20.3. The third kappa shape index (κ3) is 7.16. The Bertz CT molecular complexity index is 807. The van der Waals surface area contributed by atoms with Gasteiger partial charge in [0.05, 0.1) is 0 Å². The smallest absolute Gasteiger partial charge is 0.0126 e. The molecule has 1 aliphatic rings. The van der Waals surface area contributed by atoms with Crippen molar-refractivity contribution in [3.05, 3.63) is 25.3 Å². The predicted octanol–water partition coefficient (Wildman–Crippen LogP) is 13.4. The second kappa shape index (κ2) is 11.2. The molecule has 1 aliphatic carbocycles. The highest BCUT2D eigenvalue weighted by Gasteiger charge is 2.55. The second-order valence-corrected chi connectivity index (χ2v) is 20.3. The molecule has 0 nitrogen and oxygen atoms in total. The van der Waals surface area contributed by atoms with Gasteiger partial charge in [0.25, 0.3) is 0 Å². The van der Waals surface area contributed by atoms with Crippen molar-refractivity contribution in [3.8, 4) is 0 Å². The van der Waals surface area contributed by atoms with Gasteiger partial charge in [-0.05, 0) is 98.6 Å². The zero-order valence-electron chi connectivity index (χ0n) is 31.3. The highest BCUT2D eigenvalue weighted by atomic mass is 14.6. The van der Waals surface area contributed by atoms with Gasteiger partial charge in [0.15, 0.2) is 0 Å². The Balaban J connectivity index is 3.54. The lowest BCUT2D eigenvalue weighted by Crippen LogP contribution is -2.51. The molecule has 40 heavy (non-hydrogen) atoms. The fourth-order valence-electron chi connectivity index (χ4n) is 7.98. The molecule has 0 aromatic heterocycles. The fourth-order valence-corrected chi connectivity index (χ4v) is 7.98. The van der Waals surface area contributed by atoms with E-state index in [1.165, 1.54) is 32.1 Å². The van der Waals surface area contributed by atoms with E-state index in [0.717, 1.165) is 5.92 Å². The molecule has 0 heterocycles. The summed E-state index contributed by atoms with van der Waals surface area (Å²) in [7, 11) is 0. The average Bonchev–Trinajstić information content (AvgIpc) is 2.76. The monoisotopic (exact) mass is 557 g/mol. The first-order valence-electron chi connectivity index (χ1n) is 16.6. The Morgan fingerprint density at radius 3 is 0.900 bits per heavy atom. The normalized spacial score (nSPS) is 23.2. The third-order valence-corrected chi connectivity index (χ3v) is 14.7. The molecule has 2 unspecified atom stereocenters. The van der Waals surface area contributed by atoms with E-state index >= 15 is 0 Å². The van der Waals surface area contributed by atoms with Crippen molar-refractivity contribution in [2.75, 3.05) is 0 Å². The molecule has 1 saturated carbocycles. The lowest BCUT2D eigenvalue weighted by atomic mass is 9.45. The minimum absolute atomic E-state index is 0.0986. The average molecular weight is 557 g/mol. The van der Waals surface area contributed by atoms with Crippen LogP contribution >= 0.6 is 0 Å². The summed E-state index contributed by atoms with van der Waals surface area (Å²) in [6.07, 6.45) is 10.8. The molecule has 1 rings (SSSR count). The molecule has 2 atom stereocenters. The molecule has 0 spiro atoms. The summed E-state index contributed by atoms with van der Waals surface area (Å²) in [5.74, 6) is 2.17. The van der Waals surface area contributed by atoms with E-state index in [1.807, 2.05) is 0 Å². The Kier molecular flexibility index (Phi) is 10.5. The largest absolute Gasteiger partial charge is 0.103 e. The first-order chi connectivity index (χ1) is 17.4. The summed E-state index contributed by atoms with van der Waals surface area (Å²) in [5.41, 5.74) is 1.76. The topological polar surface area (TPSA) is 0 Å². The third-order valence-electron chi connectivity index (χ3n) is 14.7. The predicted molar refractivity (Wildman–Crippen MR) is 184 cm³/mol. The van der Waals surface area contributed by atoms with Crippen LogP contribution in [-0.4, -0.2) is 0 Å². The van der Waals surface area contributed by atoms with Gasteiger partial charge < -0.3 is 0 Å². The van der Waals surface area contributed by atoms with Crippen molar-refractivity contribution in [2.45, 2.75) is 164 Å². The molecule has 1 fully saturated rings. The summed E-state index contributed by atoms with van der Waals surface area (Å²) in [6.45, 7) is 56.0. The molecule has 0 aromatic rings.